The Morgan fingerprint density at radius 3 is 2.21 bits per heavy atom. The summed E-state index contributed by atoms with van der Waals surface area (Å²) in [6.07, 6.45) is 1.61. The maximum absolute atomic E-state index is 12.9. The summed E-state index contributed by atoms with van der Waals surface area (Å²) in [7, 11) is 1.32. The lowest BCUT2D eigenvalue weighted by atomic mass is 10.0. The van der Waals surface area contributed by atoms with Crippen LogP contribution in [-0.4, -0.2) is 24.5 Å². The van der Waals surface area contributed by atoms with Gasteiger partial charge in [-0.1, -0.05) is 36.4 Å². The molecule has 1 heterocycles. The Balaban J connectivity index is 2.01. The number of esters is 1. The lowest BCUT2D eigenvalue weighted by molar-refractivity contribution is -0.145. The maximum Gasteiger partial charge on any atom is 0.336 e. The Bertz CT molecular complexity index is 787. The SMILES string of the molecule is COC(=O)[C@@]1(C)C=C(Nc2ccccc2)C(=O)N1c1ccccc1. The van der Waals surface area contributed by atoms with Crippen LogP contribution in [0.15, 0.2) is 72.4 Å². The van der Waals surface area contributed by atoms with Crippen LogP contribution in [-0.2, 0) is 14.3 Å². The third-order valence-corrected chi connectivity index (χ3v) is 3.99. The van der Waals surface area contributed by atoms with Crippen molar-refractivity contribution in [2.45, 2.75) is 12.5 Å². The molecule has 122 valence electrons. The summed E-state index contributed by atoms with van der Waals surface area (Å²) in [4.78, 5) is 26.8. The number of amides is 1. The molecule has 1 aliphatic heterocycles. The molecule has 1 N–H and O–H groups in total. The summed E-state index contributed by atoms with van der Waals surface area (Å²) in [6, 6.07) is 18.4. The molecule has 2 aromatic carbocycles. The van der Waals surface area contributed by atoms with E-state index in [9.17, 15) is 9.59 Å². The lowest BCUT2D eigenvalue weighted by Gasteiger charge is -2.31. The van der Waals surface area contributed by atoms with E-state index in [1.54, 1.807) is 25.1 Å². The number of nitrogens with one attached hydrogen (secondary N) is 1. The molecular formula is C19H18N2O3. The fourth-order valence-electron chi connectivity index (χ4n) is 2.82. The Morgan fingerprint density at radius 2 is 1.62 bits per heavy atom. The summed E-state index contributed by atoms with van der Waals surface area (Å²) in [5.41, 5.74) is 0.554. The van der Waals surface area contributed by atoms with Gasteiger partial charge in [-0.05, 0) is 37.3 Å². The largest absolute Gasteiger partial charge is 0.467 e. The highest BCUT2D eigenvalue weighted by Crippen LogP contribution is 2.34. The number of anilines is 2. The van der Waals surface area contributed by atoms with Gasteiger partial charge in [-0.15, -0.1) is 0 Å². The third kappa shape index (κ3) is 2.65. The number of hydrogen-bond donors (Lipinski definition) is 1. The molecule has 0 bridgehead atoms. The second-order valence-corrected chi connectivity index (χ2v) is 5.66. The molecule has 0 radical (unpaired) electrons. The smallest absolute Gasteiger partial charge is 0.336 e. The summed E-state index contributed by atoms with van der Waals surface area (Å²) in [5, 5.41) is 3.09. The average molecular weight is 322 g/mol. The third-order valence-electron chi connectivity index (χ3n) is 3.99. The van der Waals surface area contributed by atoms with Crippen LogP contribution in [0.25, 0.3) is 0 Å². The first-order valence-electron chi connectivity index (χ1n) is 7.59. The number of hydrogen-bond acceptors (Lipinski definition) is 4. The molecule has 0 saturated carbocycles. The van der Waals surface area contributed by atoms with E-state index in [2.05, 4.69) is 5.32 Å². The topological polar surface area (TPSA) is 58.6 Å². The van der Waals surface area contributed by atoms with E-state index >= 15 is 0 Å². The molecule has 5 nitrogen and oxygen atoms in total. The predicted octanol–water partition coefficient (Wildman–Crippen LogP) is 2.96. The van der Waals surface area contributed by atoms with E-state index in [0.717, 1.165) is 5.69 Å². The van der Waals surface area contributed by atoms with Gasteiger partial charge in [0.05, 0.1) is 7.11 Å². The molecule has 0 unspecified atom stereocenters. The van der Waals surface area contributed by atoms with Crippen molar-refractivity contribution < 1.29 is 14.3 Å². The summed E-state index contributed by atoms with van der Waals surface area (Å²) in [6.45, 7) is 1.67. The Kier molecular flexibility index (Phi) is 4.08. The normalized spacial score (nSPS) is 19.8. The molecule has 3 rings (SSSR count). The number of carbonyl (C=O) groups is 2. The predicted molar refractivity (Wildman–Crippen MR) is 92.5 cm³/mol. The van der Waals surface area contributed by atoms with Crippen LogP contribution >= 0.6 is 0 Å². The molecule has 0 aromatic heterocycles. The van der Waals surface area contributed by atoms with E-state index < -0.39 is 11.5 Å². The van der Waals surface area contributed by atoms with Crippen LogP contribution in [0.2, 0.25) is 0 Å². The van der Waals surface area contributed by atoms with Gasteiger partial charge < -0.3 is 10.1 Å². The van der Waals surface area contributed by atoms with Crippen LogP contribution in [0.5, 0.6) is 0 Å². The second-order valence-electron chi connectivity index (χ2n) is 5.66. The maximum atomic E-state index is 12.9. The Hall–Kier alpha value is -3.08. The number of carbonyl (C=O) groups excluding carboxylic acids is 2. The van der Waals surface area contributed by atoms with Gasteiger partial charge >= 0.3 is 5.97 Å². The molecule has 0 fully saturated rings. The summed E-state index contributed by atoms with van der Waals surface area (Å²) in [5.74, 6) is -0.775. The average Bonchev–Trinajstić information content (AvgIpc) is 2.87. The van der Waals surface area contributed by atoms with Crippen molar-refractivity contribution in [3.63, 3.8) is 0 Å². The van der Waals surface area contributed by atoms with Gasteiger partial charge in [0, 0.05) is 11.4 Å². The minimum atomic E-state index is -1.20. The first kappa shape index (κ1) is 15.8. The second kappa shape index (κ2) is 6.20. The molecule has 0 aliphatic carbocycles. The number of methoxy groups -OCH3 is 1. The van der Waals surface area contributed by atoms with Crippen molar-refractivity contribution in [2.24, 2.45) is 0 Å². The first-order chi connectivity index (χ1) is 11.6. The molecule has 1 atom stereocenters. The van der Waals surface area contributed by atoms with Gasteiger partial charge in [-0.2, -0.15) is 0 Å². The zero-order valence-corrected chi connectivity index (χ0v) is 13.5. The molecule has 0 spiro atoms. The van der Waals surface area contributed by atoms with Crippen LogP contribution in [0, 0.1) is 0 Å². The summed E-state index contributed by atoms with van der Waals surface area (Å²) >= 11 is 0. The molecular weight excluding hydrogens is 304 g/mol. The Labute approximate surface area is 140 Å². The van der Waals surface area contributed by atoms with Gasteiger partial charge in [0.2, 0.25) is 0 Å². The summed E-state index contributed by atoms with van der Waals surface area (Å²) < 4.78 is 4.93. The van der Waals surface area contributed by atoms with Gasteiger partial charge in [0.1, 0.15) is 5.70 Å². The van der Waals surface area contributed by atoms with Crippen molar-refractivity contribution in [3.05, 3.63) is 72.4 Å². The van der Waals surface area contributed by atoms with E-state index in [-0.39, 0.29) is 5.91 Å². The van der Waals surface area contributed by atoms with Crippen molar-refractivity contribution in [1.82, 2.24) is 0 Å². The highest BCUT2D eigenvalue weighted by Gasteiger charge is 2.49. The molecule has 0 saturated heterocycles. The van der Waals surface area contributed by atoms with E-state index in [4.69, 9.17) is 4.74 Å². The number of para-hydroxylation sites is 2. The highest BCUT2D eigenvalue weighted by atomic mass is 16.5. The van der Waals surface area contributed by atoms with Crippen LogP contribution in [0.1, 0.15) is 6.92 Å². The monoisotopic (exact) mass is 322 g/mol. The van der Waals surface area contributed by atoms with Crippen molar-refractivity contribution in [2.75, 3.05) is 17.3 Å². The molecule has 5 heteroatoms. The van der Waals surface area contributed by atoms with E-state index in [1.807, 2.05) is 48.5 Å². The minimum Gasteiger partial charge on any atom is -0.467 e. The zero-order chi connectivity index (χ0) is 17.2. The number of benzene rings is 2. The number of rotatable bonds is 4. The van der Waals surface area contributed by atoms with Crippen LogP contribution < -0.4 is 10.2 Å². The number of nitrogens with zero attached hydrogens (tertiary/aromatic N) is 1. The fourth-order valence-corrected chi connectivity index (χ4v) is 2.82. The molecule has 1 aliphatic rings. The van der Waals surface area contributed by atoms with Crippen molar-refractivity contribution >= 4 is 23.3 Å². The van der Waals surface area contributed by atoms with E-state index in [1.165, 1.54) is 12.0 Å². The number of ether oxygens (including phenoxy) is 1. The van der Waals surface area contributed by atoms with Gasteiger partial charge in [-0.3, -0.25) is 9.69 Å². The van der Waals surface area contributed by atoms with Crippen molar-refractivity contribution in [3.8, 4) is 0 Å². The van der Waals surface area contributed by atoms with Gasteiger partial charge in [-0.25, -0.2) is 4.79 Å². The quantitative estimate of drug-likeness (QED) is 0.879. The van der Waals surface area contributed by atoms with Crippen molar-refractivity contribution in [1.29, 1.82) is 0 Å². The van der Waals surface area contributed by atoms with Gasteiger partial charge in [0.25, 0.3) is 5.91 Å². The minimum absolute atomic E-state index is 0.280. The standard InChI is InChI=1S/C19H18N2O3/c1-19(18(23)24-2)13-16(20-14-9-5-3-6-10-14)17(22)21(19)15-11-7-4-8-12-15/h3-13,20H,1-2H3/t19-/m1/s1. The fraction of sp³-hybridized carbons (Fsp3) is 0.158. The zero-order valence-electron chi connectivity index (χ0n) is 13.5. The van der Waals surface area contributed by atoms with Crippen LogP contribution in [0.4, 0.5) is 11.4 Å². The highest BCUT2D eigenvalue weighted by molar-refractivity contribution is 6.16. The van der Waals surface area contributed by atoms with Gasteiger partial charge in [0.15, 0.2) is 5.54 Å². The lowest BCUT2D eigenvalue weighted by Crippen LogP contribution is -2.51. The molecule has 1 amide bonds. The molecule has 2 aromatic rings. The first-order valence-corrected chi connectivity index (χ1v) is 7.59. The van der Waals surface area contributed by atoms with E-state index in [0.29, 0.717) is 11.4 Å². The molecule has 24 heavy (non-hydrogen) atoms. The van der Waals surface area contributed by atoms with Crippen LogP contribution in [0.3, 0.4) is 0 Å². The Morgan fingerprint density at radius 1 is 1.04 bits per heavy atom.